The van der Waals surface area contributed by atoms with E-state index < -0.39 is 5.97 Å². The van der Waals surface area contributed by atoms with Crippen LogP contribution in [0.1, 0.15) is 41.0 Å². The second kappa shape index (κ2) is 26.0. The summed E-state index contributed by atoms with van der Waals surface area (Å²) in [5.41, 5.74) is 0. The molecule has 1 N–H and O–H groups in total. The molecule has 2 heteroatoms. The molecule has 0 bridgehead atoms. The largest absolute Gasteiger partial charge is 0.481 e. The summed E-state index contributed by atoms with van der Waals surface area (Å²) in [4.78, 5) is 9.37. The van der Waals surface area contributed by atoms with E-state index >= 15 is 0 Å². The van der Waals surface area contributed by atoms with Crippen molar-refractivity contribution < 1.29 is 9.90 Å². The fourth-order valence-corrected chi connectivity index (χ4v) is 0. The maximum atomic E-state index is 9.37. The zero-order valence-electron chi connectivity index (χ0n) is 7.06. The zero-order chi connectivity index (χ0) is 8.28. The van der Waals surface area contributed by atoms with Crippen LogP contribution in [0.5, 0.6) is 0 Å². The van der Waals surface area contributed by atoms with Gasteiger partial charge in [-0.05, 0) is 0 Å². The number of carboxylic acid groups (broad SMARTS) is 1. The van der Waals surface area contributed by atoms with Crippen molar-refractivity contribution in [2.24, 2.45) is 0 Å². The van der Waals surface area contributed by atoms with Gasteiger partial charge in [0.1, 0.15) is 0 Å². The Morgan fingerprint density at radius 3 is 1.33 bits per heavy atom. The summed E-state index contributed by atoms with van der Waals surface area (Å²) in [7, 11) is 0. The number of aliphatic carboxylic acids is 1. The molecule has 0 rings (SSSR count). The van der Waals surface area contributed by atoms with Crippen molar-refractivity contribution in [3.63, 3.8) is 0 Å². The molecule has 0 unspecified atom stereocenters. The second-order valence-electron chi connectivity index (χ2n) is 0.747. The third-order valence-corrected chi connectivity index (χ3v) is 0.302. The van der Waals surface area contributed by atoms with Crippen LogP contribution in [0.15, 0.2) is 0 Å². The Bertz CT molecular complexity index is 42.2. The smallest absolute Gasteiger partial charge is 0.303 e. The standard InChI is InChI=1S/C3H6O2.2C2H6/c1-2-3(4)5;2*1-2/h2H2,1H3,(H,4,5);2*1-2H3. The summed E-state index contributed by atoms with van der Waals surface area (Å²) >= 11 is 0. The van der Waals surface area contributed by atoms with Crippen LogP contribution in [0.3, 0.4) is 0 Å². The summed E-state index contributed by atoms with van der Waals surface area (Å²) in [6, 6.07) is 0. The van der Waals surface area contributed by atoms with Gasteiger partial charge in [-0.3, -0.25) is 4.79 Å². The molecule has 2 nitrogen and oxygen atoms in total. The summed E-state index contributed by atoms with van der Waals surface area (Å²) in [6.45, 7) is 9.60. The zero-order valence-corrected chi connectivity index (χ0v) is 7.06. The van der Waals surface area contributed by atoms with Gasteiger partial charge >= 0.3 is 5.97 Å². The number of carbonyl (C=O) groups is 1. The number of hydrogen-bond donors (Lipinski definition) is 1. The van der Waals surface area contributed by atoms with Crippen molar-refractivity contribution in [3.05, 3.63) is 0 Å². The van der Waals surface area contributed by atoms with Gasteiger partial charge in [0.2, 0.25) is 0 Å². The molecule has 58 valence electrons. The van der Waals surface area contributed by atoms with Gasteiger partial charge < -0.3 is 5.11 Å². The van der Waals surface area contributed by atoms with Crippen LogP contribution in [-0.4, -0.2) is 11.1 Å². The average Bonchev–Trinajstić information content (AvgIpc) is 1.97. The first-order valence-electron chi connectivity index (χ1n) is 3.49. The predicted octanol–water partition coefficient (Wildman–Crippen LogP) is 2.53. The molecule has 0 atom stereocenters. The molecule has 0 heterocycles. The van der Waals surface area contributed by atoms with E-state index in [0.717, 1.165) is 0 Å². The molecule has 0 saturated heterocycles. The average molecular weight is 134 g/mol. The van der Waals surface area contributed by atoms with Crippen molar-refractivity contribution in [1.82, 2.24) is 0 Å². The minimum atomic E-state index is -0.745. The molecule has 9 heavy (non-hydrogen) atoms. The Balaban J connectivity index is -0.0000000771. The van der Waals surface area contributed by atoms with Gasteiger partial charge in [0.25, 0.3) is 0 Å². The van der Waals surface area contributed by atoms with Crippen molar-refractivity contribution in [1.29, 1.82) is 0 Å². The van der Waals surface area contributed by atoms with E-state index in [0.29, 0.717) is 0 Å². The molecular formula is C7H18O2. The van der Waals surface area contributed by atoms with Crippen molar-refractivity contribution >= 4 is 5.97 Å². The summed E-state index contributed by atoms with van der Waals surface area (Å²) in [5.74, 6) is -0.745. The monoisotopic (exact) mass is 134 g/mol. The molecule has 0 aromatic rings. The van der Waals surface area contributed by atoms with E-state index in [4.69, 9.17) is 5.11 Å². The number of rotatable bonds is 1. The van der Waals surface area contributed by atoms with Crippen LogP contribution in [0, 0.1) is 0 Å². The van der Waals surface area contributed by atoms with Crippen LogP contribution in [0.25, 0.3) is 0 Å². The van der Waals surface area contributed by atoms with E-state index in [-0.39, 0.29) is 6.42 Å². The molecule has 0 radical (unpaired) electrons. The highest BCUT2D eigenvalue weighted by molar-refractivity contribution is 5.66. The quantitative estimate of drug-likeness (QED) is 0.598. The van der Waals surface area contributed by atoms with Gasteiger partial charge in [0, 0.05) is 6.42 Å². The highest BCUT2D eigenvalue weighted by atomic mass is 16.4. The first kappa shape index (κ1) is 15.8. The minimum absolute atomic E-state index is 0.222. The maximum Gasteiger partial charge on any atom is 0.303 e. The Morgan fingerprint density at radius 2 is 1.33 bits per heavy atom. The van der Waals surface area contributed by atoms with Crippen molar-refractivity contribution in [2.75, 3.05) is 0 Å². The van der Waals surface area contributed by atoms with E-state index in [1.54, 1.807) is 6.92 Å². The lowest BCUT2D eigenvalue weighted by molar-refractivity contribution is -0.136. The lowest BCUT2D eigenvalue weighted by Crippen LogP contribution is -1.86. The molecule has 0 aromatic carbocycles. The first-order valence-corrected chi connectivity index (χ1v) is 3.49. The van der Waals surface area contributed by atoms with Gasteiger partial charge in [-0.25, -0.2) is 0 Å². The number of carboxylic acids is 1. The SMILES string of the molecule is CC.CC.CCC(=O)O. The molecule has 0 aliphatic heterocycles. The van der Waals surface area contributed by atoms with Crippen molar-refractivity contribution in [3.8, 4) is 0 Å². The van der Waals surface area contributed by atoms with Crippen LogP contribution in [0.2, 0.25) is 0 Å². The van der Waals surface area contributed by atoms with E-state index in [1.807, 2.05) is 27.7 Å². The molecule has 0 aliphatic carbocycles. The van der Waals surface area contributed by atoms with Gasteiger partial charge in [0.05, 0.1) is 0 Å². The summed E-state index contributed by atoms with van der Waals surface area (Å²) in [5, 5.41) is 7.72. The Labute approximate surface area is 57.9 Å². The molecule has 0 aliphatic rings. The van der Waals surface area contributed by atoms with Crippen LogP contribution < -0.4 is 0 Å². The molecular weight excluding hydrogens is 116 g/mol. The first-order chi connectivity index (χ1) is 4.27. The van der Waals surface area contributed by atoms with E-state index in [1.165, 1.54) is 0 Å². The second-order valence-corrected chi connectivity index (χ2v) is 0.747. The Morgan fingerprint density at radius 1 is 1.22 bits per heavy atom. The highest BCUT2D eigenvalue weighted by Gasteiger charge is 1.80. The lowest BCUT2D eigenvalue weighted by atomic mass is 10.5. The van der Waals surface area contributed by atoms with Crippen LogP contribution >= 0.6 is 0 Å². The molecule has 0 aromatic heterocycles. The predicted molar refractivity (Wildman–Crippen MR) is 40.6 cm³/mol. The highest BCUT2D eigenvalue weighted by Crippen LogP contribution is 1.67. The fourth-order valence-electron chi connectivity index (χ4n) is 0. The van der Waals surface area contributed by atoms with Gasteiger partial charge in [-0.15, -0.1) is 0 Å². The Kier molecular flexibility index (Phi) is 45.6. The van der Waals surface area contributed by atoms with E-state index in [2.05, 4.69) is 0 Å². The molecule has 0 spiro atoms. The summed E-state index contributed by atoms with van der Waals surface area (Å²) in [6.07, 6.45) is 0.222. The minimum Gasteiger partial charge on any atom is -0.481 e. The number of hydrogen-bond acceptors (Lipinski definition) is 1. The van der Waals surface area contributed by atoms with Gasteiger partial charge in [-0.1, -0.05) is 34.6 Å². The van der Waals surface area contributed by atoms with E-state index in [9.17, 15) is 4.79 Å². The lowest BCUT2D eigenvalue weighted by Gasteiger charge is -1.71. The molecule has 0 saturated carbocycles. The maximum absolute atomic E-state index is 9.37. The van der Waals surface area contributed by atoms with Crippen LogP contribution in [-0.2, 0) is 4.79 Å². The van der Waals surface area contributed by atoms with Crippen molar-refractivity contribution in [2.45, 2.75) is 41.0 Å². The normalized spacial score (nSPS) is 5.44. The van der Waals surface area contributed by atoms with Gasteiger partial charge in [0.15, 0.2) is 0 Å². The molecule has 0 fully saturated rings. The summed E-state index contributed by atoms with van der Waals surface area (Å²) < 4.78 is 0. The third-order valence-electron chi connectivity index (χ3n) is 0.302. The van der Waals surface area contributed by atoms with Crippen LogP contribution in [0.4, 0.5) is 0 Å². The molecule has 0 amide bonds. The van der Waals surface area contributed by atoms with Gasteiger partial charge in [-0.2, -0.15) is 0 Å². The fraction of sp³-hybridized carbons (Fsp3) is 0.857. The third kappa shape index (κ3) is 103. The Hall–Kier alpha value is -0.530. The topological polar surface area (TPSA) is 37.3 Å².